The molecule has 0 aliphatic carbocycles. The van der Waals surface area contributed by atoms with Crippen molar-refractivity contribution in [2.45, 2.75) is 13.5 Å². The molecule has 0 amide bonds. The number of aryl methyl sites for hydroxylation is 1. The zero-order chi connectivity index (χ0) is 13.3. The summed E-state index contributed by atoms with van der Waals surface area (Å²) in [6, 6.07) is 5.50. The fourth-order valence-electron chi connectivity index (χ4n) is 1.58. The van der Waals surface area contributed by atoms with E-state index >= 15 is 0 Å². The number of hydrogen-bond donors (Lipinski definition) is 1. The van der Waals surface area contributed by atoms with E-state index < -0.39 is 0 Å². The van der Waals surface area contributed by atoms with E-state index in [1.54, 1.807) is 16.9 Å². The Morgan fingerprint density at radius 1 is 1.39 bits per heavy atom. The summed E-state index contributed by atoms with van der Waals surface area (Å²) in [4.78, 5) is 0.335. The molecule has 2 aromatic rings. The summed E-state index contributed by atoms with van der Waals surface area (Å²) in [7, 11) is 0. The largest absolute Gasteiger partial charge is 0.389 e. The van der Waals surface area contributed by atoms with E-state index in [9.17, 15) is 0 Å². The van der Waals surface area contributed by atoms with E-state index in [1.807, 2.05) is 19.1 Å². The van der Waals surface area contributed by atoms with Gasteiger partial charge in [0.25, 0.3) is 0 Å². The normalized spacial score (nSPS) is 10.6. The van der Waals surface area contributed by atoms with Crippen molar-refractivity contribution in [1.29, 1.82) is 0 Å². The quantitative estimate of drug-likeness (QED) is 0.885. The van der Waals surface area contributed by atoms with Crippen LogP contribution < -0.4 is 5.73 Å². The second-order valence-electron chi connectivity index (χ2n) is 3.93. The third-order valence-electron chi connectivity index (χ3n) is 2.56. The van der Waals surface area contributed by atoms with Crippen LogP contribution in [-0.4, -0.2) is 14.8 Å². The maximum atomic E-state index is 6.18. The SMILES string of the molecule is Cc1nn(Cc2ccc(C(N)=S)cc2Cl)cc1Cl. The van der Waals surface area contributed by atoms with Crippen LogP contribution >= 0.6 is 35.4 Å². The third-order valence-corrected chi connectivity index (χ3v) is 3.52. The van der Waals surface area contributed by atoms with Gasteiger partial charge in [0, 0.05) is 16.8 Å². The van der Waals surface area contributed by atoms with Gasteiger partial charge in [-0.1, -0.05) is 47.6 Å². The summed E-state index contributed by atoms with van der Waals surface area (Å²) in [5, 5.41) is 5.54. The van der Waals surface area contributed by atoms with Crippen molar-refractivity contribution in [3.8, 4) is 0 Å². The van der Waals surface area contributed by atoms with E-state index in [-0.39, 0.29) is 0 Å². The van der Waals surface area contributed by atoms with Crippen molar-refractivity contribution in [1.82, 2.24) is 9.78 Å². The van der Waals surface area contributed by atoms with Crippen LogP contribution in [0.1, 0.15) is 16.8 Å². The summed E-state index contributed by atoms with van der Waals surface area (Å²) < 4.78 is 1.75. The summed E-state index contributed by atoms with van der Waals surface area (Å²) in [6.45, 7) is 2.42. The molecule has 0 radical (unpaired) electrons. The topological polar surface area (TPSA) is 43.8 Å². The highest BCUT2D eigenvalue weighted by Gasteiger charge is 2.07. The predicted molar refractivity (Wildman–Crippen MR) is 78.4 cm³/mol. The fraction of sp³-hybridized carbons (Fsp3) is 0.167. The van der Waals surface area contributed by atoms with E-state index in [4.69, 9.17) is 41.2 Å². The van der Waals surface area contributed by atoms with Gasteiger partial charge in [-0.25, -0.2) is 0 Å². The van der Waals surface area contributed by atoms with Crippen LogP contribution in [0, 0.1) is 6.92 Å². The zero-order valence-electron chi connectivity index (χ0n) is 9.65. The monoisotopic (exact) mass is 299 g/mol. The molecule has 0 aliphatic rings. The average Bonchev–Trinajstić information content (AvgIpc) is 2.61. The van der Waals surface area contributed by atoms with Gasteiger partial charge in [-0.05, 0) is 18.6 Å². The molecule has 0 spiro atoms. The number of thiocarbonyl (C=S) groups is 1. The first-order valence-corrected chi connectivity index (χ1v) is 6.41. The van der Waals surface area contributed by atoms with Crippen molar-refractivity contribution in [3.05, 3.63) is 51.3 Å². The first-order chi connectivity index (χ1) is 8.47. The first kappa shape index (κ1) is 13.3. The van der Waals surface area contributed by atoms with Crippen LogP contribution in [0.3, 0.4) is 0 Å². The number of nitrogens with zero attached hydrogens (tertiary/aromatic N) is 2. The van der Waals surface area contributed by atoms with Gasteiger partial charge in [-0.2, -0.15) is 5.10 Å². The second kappa shape index (κ2) is 5.26. The Morgan fingerprint density at radius 3 is 2.61 bits per heavy atom. The molecule has 94 valence electrons. The number of benzene rings is 1. The Bertz CT molecular complexity index is 588. The van der Waals surface area contributed by atoms with Gasteiger partial charge in [-0.15, -0.1) is 0 Å². The van der Waals surface area contributed by atoms with Gasteiger partial charge in [0.05, 0.1) is 17.3 Å². The average molecular weight is 300 g/mol. The van der Waals surface area contributed by atoms with E-state index in [0.717, 1.165) is 16.8 Å². The molecule has 1 aromatic heterocycles. The Kier molecular flexibility index (Phi) is 3.90. The molecule has 0 saturated heterocycles. The minimum atomic E-state index is 0.335. The number of hydrogen-bond acceptors (Lipinski definition) is 2. The molecule has 2 rings (SSSR count). The summed E-state index contributed by atoms with van der Waals surface area (Å²) >= 11 is 17.0. The van der Waals surface area contributed by atoms with Crippen LogP contribution in [0.4, 0.5) is 0 Å². The van der Waals surface area contributed by atoms with Crippen molar-refractivity contribution in [2.75, 3.05) is 0 Å². The maximum absolute atomic E-state index is 6.18. The number of rotatable bonds is 3. The molecule has 2 N–H and O–H groups in total. The van der Waals surface area contributed by atoms with Crippen LogP contribution in [-0.2, 0) is 6.54 Å². The van der Waals surface area contributed by atoms with Crippen molar-refractivity contribution in [3.63, 3.8) is 0 Å². The Labute approximate surface area is 120 Å². The van der Waals surface area contributed by atoms with Crippen molar-refractivity contribution in [2.24, 2.45) is 5.73 Å². The molecule has 0 unspecified atom stereocenters. The fourth-order valence-corrected chi connectivity index (χ4v) is 2.10. The Balaban J connectivity index is 2.27. The van der Waals surface area contributed by atoms with Gasteiger partial charge < -0.3 is 5.73 Å². The number of halogens is 2. The van der Waals surface area contributed by atoms with Crippen molar-refractivity contribution >= 4 is 40.4 Å². The second-order valence-corrected chi connectivity index (χ2v) is 5.18. The molecular weight excluding hydrogens is 289 g/mol. The minimum absolute atomic E-state index is 0.335. The zero-order valence-corrected chi connectivity index (χ0v) is 12.0. The molecule has 18 heavy (non-hydrogen) atoms. The van der Waals surface area contributed by atoms with E-state index in [1.165, 1.54) is 0 Å². The Hall–Kier alpha value is -1.10. The highest BCUT2D eigenvalue weighted by molar-refractivity contribution is 7.80. The summed E-state index contributed by atoms with van der Waals surface area (Å²) in [5.41, 5.74) is 8.04. The van der Waals surface area contributed by atoms with Crippen LogP contribution in [0.15, 0.2) is 24.4 Å². The van der Waals surface area contributed by atoms with Gasteiger partial charge in [-0.3, -0.25) is 4.68 Å². The van der Waals surface area contributed by atoms with E-state index in [2.05, 4.69) is 5.10 Å². The molecule has 1 heterocycles. The predicted octanol–water partition coefficient (Wildman–Crippen LogP) is 3.18. The molecule has 1 aromatic carbocycles. The number of nitrogens with two attached hydrogens (primary N) is 1. The smallest absolute Gasteiger partial charge is 0.104 e. The van der Waals surface area contributed by atoms with Gasteiger partial charge >= 0.3 is 0 Å². The molecular formula is C12H11Cl2N3S. The molecule has 3 nitrogen and oxygen atoms in total. The molecule has 6 heteroatoms. The van der Waals surface area contributed by atoms with Crippen LogP contribution in [0.2, 0.25) is 10.0 Å². The van der Waals surface area contributed by atoms with Crippen LogP contribution in [0.25, 0.3) is 0 Å². The molecule has 0 aliphatic heterocycles. The lowest BCUT2D eigenvalue weighted by atomic mass is 10.1. The lowest BCUT2D eigenvalue weighted by molar-refractivity contribution is 0.679. The Morgan fingerprint density at radius 2 is 2.11 bits per heavy atom. The molecule has 0 atom stereocenters. The maximum Gasteiger partial charge on any atom is 0.104 e. The minimum Gasteiger partial charge on any atom is -0.389 e. The molecule has 0 saturated carbocycles. The molecule has 0 fully saturated rings. The van der Waals surface area contributed by atoms with E-state index in [0.29, 0.717) is 21.6 Å². The standard InChI is InChI=1S/C12H11Cl2N3S/c1-7-11(14)6-17(16-7)5-9-3-2-8(12(15)18)4-10(9)13/h2-4,6H,5H2,1H3,(H2,15,18). The highest BCUT2D eigenvalue weighted by Crippen LogP contribution is 2.20. The lowest BCUT2D eigenvalue weighted by Crippen LogP contribution is -2.10. The van der Waals surface area contributed by atoms with Gasteiger partial charge in [0.2, 0.25) is 0 Å². The summed E-state index contributed by atoms with van der Waals surface area (Å²) in [5.74, 6) is 0. The highest BCUT2D eigenvalue weighted by atomic mass is 35.5. The van der Waals surface area contributed by atoms with Crippen LogP contribution in [0.5, 0.6) is 0 Å². The van der Waals surface area contributed by atoms with Gasteiger partial charge in [0.15, 0.2) is 0 Å². The molecule has 0 bridgehead atoms. The van der Waals surface area contributed by atoms with Gasteiger partial charge in [0.1, 0.15) is 4.99 Å². The van der Waals surface area contributed by atoms with Crippen molar-refractivity contribution < 1.29 is 0 Å². The third kappa shape index (κ3) is 2.83. The summed E-state index contributed by atoms with van der Waals surface area (Å²) in [6.07, 6.45) is 1.77. The lowest BCUT2D eigenvalue weighted by Gasteiger charge is -2.06. The first-order valence-electron chi connectivity index (χ1n) is 5.25. The number of aromatic nitrogens is 2.